The number of ether oxygens (including phenoxy) is 1. The van der Waals surface area contributed by atoms with E-state index in [0.29, 0.717) is 37.0 Å². The van der Waals surface area contributed by atoms with E-state index in [0.717, 1.165) is 12.8 Å². The smallest absolute Gasteiger partial charge is 0.318 e. The molecule has 2 amide bonds. The zero-order valence-electron chi connectivity index (χ0n) is 14.9. The molecule has 140 valence electrons. The van der Waals surface area contributed by atoms with Crippen molar-refractivity contribution in [1.82, 2.24) is 20.4 Å². The van der Waals surface area contributed by atoms with E-state index in [-0.39, 0.29) is 23.9 Å². The molecule has 26 heavy (non-hydrogen) atoms. The second kappa shape index (κ2) is 8.16. The SMILES string of the molecule is CC(C)NC(=O)N1CCCC1c1nc(CCOc2ccc(F)cc2)no1. The van der Waals surface area contributed by atoms with Gasteiger partial charge in [0.05, 0.1) is 6.61 Å². The van der Waals surface area contributed by atoms with Gasteiger partial charge in [-0.3, -0.25) is 0 Å². The summed E-state index contributed by atoms with van der Waals surface area (Å²) in [5, 5.41) is 6.87. The summed E-state index contributed by atoms with van der Waals surface area (Å²) in [5.41, 5.74) is 0. The third kappa shape index (κ3) is 4.50. The highest BCUT2D eigenvalue weighted by molar-refractivity contribution is 5.75. The molecule has 7 nitrogen and oxygen atoms in total. The van der Waals surface area contributed by atoms with Gasteiger partial charge in [0.2, 0.25) is 5.89 Å². The topological polar surface area (TPSA) is 80.5 Å². The normalized spacial score (nSPS) is 16.9. The van der Waals surface area contributed by atoms with E-state index in [1.807, 2.05) is 13.8 Å². The first-order chi connectivity index (χ1) is 12.5. The number of benzene rings is 1. The van der Waals surface area contributed by atoms with Crippen LogP contribution in [0.15, 0.2) is 28.8 Å². The molecule has 1 aromatic heterocycles. The number of nitrogens with one attached hydrogen (secondary N) is 1. The fourth-order valence-corrected chi connectivity index (χ4v) is 2.89. The van der Waals surface area contributed by atoms with Crippen LogP contribution in [0.2, 0.25) is 0 Å². The fourth-order valence-electron chi connectivity index (χ4n) is 2.89. The van der Waals surface area contributed by atoms with Crippen molar-refractivity contribution in [3.8, 4) is 5.75 Å². The largest absolute Gasteiger partial charge is 0.493 e. The quantitative estimate of drug-likeness (QED) is 0.854. The Hall–Kier alpha value is -2.64. The van der Waals surface area contributed by atoms with Gasteiger partial charge in [0, 0.05) is 19.0 Å². The van der Waals surface area contributed by atoms with Crippen LogP contribution < -0.4 is 10.1 Å². The molecule has 0 radical (unpaired) electrons. The number of aromatic nitrogens is 2. The summed E-state index contributed by atoms with van der Waals surface area (Å²) >= 11 is 0. The van der Waals surface area contributed by atoms with E-state index in [2.05, 4.69) is 15.5 Å². The van der Waals surface area contributed by atoms with E-state index in [1.54, 1.807) is 17.0 Å². The average molecular weight is 362 g/mol. The van der Waals surface area contributed by atoms with Crippen molar-refractivity contribution >= 4 is 6.03 Å². The molecule has 8 heteroatoms. The minimum Gasteiger partial charge on any atom is -0.493 e. The summed E-state index contributed by atoms with van der Waals surface area (Å²) in [5.74, 6) is 1.27. The molecule has 1 aliphatic heterocycles. The van der Waals surface area contributed by atoms with Crippen molar-refractivity contribution in [2.75, 3.05) is 13.2 Å². The summed E-state index contributed by atoms with van der Waals surface area (Å²) in [6, 6.07) is 5.61. The van der Waals surface area contributed by atoms with Gasteiger partial charge in [-0.05, 0) is 51.0 Å². The Morgan fingerprint density at radius 3 is 2.92 bits per heavy atom. The lowest BCUT2D eigenvalue weighted by Gasteiger charge is -2.23. The van der Waals surface area contributed by atoms with Crippen molar-refractivity contribution in [2.45, 2.75) is 45.2 Å². The second-order valence-electron chi connectivity index (χ2n) is 6.56. The van der Waals surface area contributed by atoms with Crippen LogP contribution in [-0.4, -0.2) is 40.3 Å². The fraction of sp³-hybridized carbons (Fsp3) is 0.500. The highest BCUT2D eigenvalue weighted by Crippen LogP contribution is 2.30. The third-order valence-corrected chi connectivity index (χ3v) is 4.10. The summed E-state index contributed by atoms with van der Waals surface area (Å²) < 4.78 is 23.8. The molecule has 0 saturated carbocycles. The predicted molar refractivity (Wildman–Crippen MR) is 92.2 cm³/mol. The third-order valence-electron chi connectivity index (χ3n) is 4.10. The number of rotatable bonds is 6. The molecule has 1 atom stereocenters. The van der Waals surface area contributed by atoms with Crippen LogP contribution in [0.5, 0.6) is 5.75 Å². The van der Waals surface area contributed by atoms with Gasteiger partial charge in [-0.15, -0.1) is 0 Å². The molecule has 1 aliphatic rings. The Balaban J connectivity index is 1.55. The highest BCUT2D eigenvalue weighted by Gasteiger charge is 2.34. The predicted octanol–water partition coefficient (Wildman–Crippen LogP) is 3.09. The minimum absolute atomic E-state index is 0.0746. The maximum Gasteiger partial charge on any atom is 0.318 e. The zero-order valence-corrected chi connectivity index (χ0v) is 14.9. The first-order valence-corrected chi connectivity index (χ1v) is 8.81. The molecule has 1 fully saturated rings. The number of hydrogen-bond acceptors (Lipinski definition) is 5. The molecule has 1 saturated heterocycles. The Labute approximate surface area is 151 Å². The van der Waals surface area contributed by atoms with E-state index < -0.39 is 0 Å². The lowest BCUT2D eigenvalue weighted by molar-refractivity contribution is 0.178. The van der Waals surface area contributed by atoms with Gasteiger partial charge in [-0.2, -0.15) is 4.98 Å². The summed E-state index contributed by atoms with van der Waals surface area (Å²) in [6.45, 7) is 4.88. The van der Waals surface area contributed by atoms with Crippen LogP contribution in [0, 0.1) is 5.82 Å². The van der Waals surface area contributed by atoms with Gasteiger partial charge in [-0.1, -0.05) is 5.16 Å². The molecule has 3 rings (SSSR count). The number of carbonyl (C=O) groups is 1. The Kier molecular flexibility index (Phi) is 5.70. The molecule has 1 N–H and O–H groups in total. The Morgan fingerprint density at radius 1 is 1.42 bits per heavy atom. The number of halogens is 1. The van der Waals surface area contributed by atoms with Crippen molar-refractivity contribution in [1.29, 1.82) is 0 Å². The van der Waals surface area contributed by atoms with Gasteiger partial charge >= 0.3 is 6.03 Å². The standard InChI is InChI=1S/C18H23FN4O3/c1-12(2)20-18(24)23-10-3-4-15(23)17-21-16(22-26-17)9-11-25-14-7-5-13(19)6-8-14/h5-8,12,15H,3-4,9-11H2,1-2H3,(H,20,24). The second-order valence-corrected chi connectivity index (χ2v) is 6.56. The van der Waals surface area contributed by atoms with Crippen LogP contribution in [0.1, 0.15) is 44.4 Å². The van der Waals surface area contributed by atoms with Gasteiger partial charge < -0.3 is 19.5 Å². The molecule has 0 bridgehead atoms. The van der Waals surface area contributed by atoms with Crippen LogP contribution in [0.4, 0.5) is 9.18 Å². The van der Waals surface area contributed by atoms with Crippen molar-refractivity contribution in [3.63, 3.8) is 0 Å². The molecule has 0 aliphatic carbocycles. The highest BCUT2D eigenvalue weighted by atomic mass is 19.1. The number of carbonyl (C=O) groups excluding carboxylic acids is 1. The lowest BCUT2D eigenvalue weighted by Crippen LogP contribution is -2.42. The molecule has 0 spiro atoms. The first-order valence-electron chi connectivity index (χ1n) is 8.81. The molecule has 1 aromatic carbocycles. The Bertz CT molecular complexity index is 732. The molecule has 2 heterocycles. The molecule has 1 unspecified atom stereocenters. The Morgan fingerprint density at radius 2 is 2.19 bits per heavy atom. The van der Waals surface area contributed by atoms with E-state index in [9.17, 15) is 9.18 Å². The summed E-state index contributed by atoms with van der Waals surface area (Å²) in [6.07, 6.45) is 2.17. The van der Waals surface area contributed by atoms with Gasteiger partial charge in [0.15, 0.2) is 5.82 Å². The number of nitrogens with zero attached hydrogens (tertiary/aromatic N) is 3. The average Bonchev–Trinajstić information content (AvgIpc) is 3.25. The van der Waals surface area contributed by atoms with Crippen LogP contribution >= 0.6 is 0 Å². The number of urea groups is 1. The molecular formula is C18H23FN4O3. The first kappa shape index (κ1) is 18.2. The number of amides is 2. The minimum atomic E-state index is -0.303. The van der Waals surface area contributed by atoms with Crippen molar-refractivity contribution in [3.05, 3.63) is 41.8 Å². The van der Waals surface area contributed by atoms with E-state index >= 15 is 0 Å². The van der Waals surface area contributed by atoms with Crippen molar-refractivity contribution in [2.24, 2.45) is 0 Å². The maximum atomic E-state index is 12.9. The van der Waals surface area contributed by atoms with Gasteiger partial charge in [0.25, 0.3) is 0 Å². The van der Waals surface area contributed by atoms with E-state index in [1.165, 1.54) is 12.1 Å². The number of hydrogen-bond donors (Lipinski definition) is 1. The maximum absolute atomic E-state index is 12.9. The van der Waals surface area contributed by atoms with E-state index in [4.69, 9.17) is 9.26 Å². The summed E-state index contributed by atoms with van der Waals surface area (Å²) in [7, 11) is 0. The summed E-state index contributed by atoms with van der Waals surface area (Å²) in [4.78, 5) is 18.4. The zero-order chi connectivity index (χ0) is 18.5. The molecular weight excluding hydrogens is 339 g/mol. The van der Waals surface area contributed by atoms with Crippen LogP contribution in [0.3, 0.4) is 0 Å². The van der Waals surface area contributed by atoms with Gasteiger partial charge in [0.1, 0.15) is 17.6 Å². The van der Waals surface area contributed by atoms with Crippen LogP contribution in [0.25, 0.3) is 0 Å². The van der Waals surface area contributed by atoms with Gasteiger partial charge in [-0.25, -0.2) is 9.18 Å². The van der Waals surface area contributed by atoms with Crippen molar-refractivity contribution < 1.29 is 18.4 Å². The lowest BCUT2D eigenvalue weighted by atomic mass is 10.2. The monoisotopic (exact) mass is 362 g/mol. The van der Waals surface area contributed by atoms with Crippen LogP contribution in [-0.2, 0) is 6.42 Å². The number of likely N-dealkylation sites (tertiary alicyclic amines) is 1. The molecule has 2 aromatic rings.